The second-order valence-corrected chi connectivity index (χ2v) is 3.25. The standard InChI is InChI=1S/C11H9F3N2O2/c12-11(13,14)18-9-6-7(4-5-8(9)15)2-1-3-10(16)17/h4-6H,3,15H2,(H2,16,17). The SMILES string of the molecule is NC(=O)CC#Cc1ccc(N)c(OC(F)(F)F)c1. The van der Waals surface area contributed by atoms with Crippen LogP contribution in [0.5, 0.6) is 5.75 Å². The minimum Gasteiger partial charge on any atom is -0.404 e. The molecule has 0 bridgehead atoms. The second kappa shape index (κ2) is 5.31. The van der Waals surface area contributed by atoms with Gasteiger partial charge in [0.05, 0.1) is 12.1 Å². The van der Waals surface area contributed by atoms with Crippen molar-refractivity contribution >= 4 is 11.6 Å². The van der Waals surface area contributed by atoms with Gasteiger partial charge < -0.3 is 16.2 Å². The van der Waals surface area contributed by atoms with Gasteiger partial charge in [0, 0.05) is 5.56 Å². The predicted molar refractivity (Wildman–Crippen MR) is 58.2 cm³/mol. The highest BCUT2D eigenvalue weighted by molar-refractivity contribution is 5.76. The van der Waals surface area contributed by atoms with Crippen molar-refractivity contribution in [2.75, 3.05) is 5.73 Å². The van der Waals surface area contributed by atoms with E-state index < -0.39 is 18.0 Å². The molecule has 0 saturated heterocycles. The number of benzene rings is 1. The quantitative estimate of drug-likeness (QED) is 0.621. The number of hydrogen-bond donors (Lipinski definition) is 2. The Labute approximate surface area is 101 Å². The molecule has 7 heteroatoms. The smallest absolute Gasteiger partial charge is 0.404 e. The van der Waals surface area contributed by atoms with Crippen molar-refractivity contribution < 1.29 is 22.7 Å². The molecule has 4 N–H and O–H groups in total. The third-order valence-corrected chi connectivity index (χ3v) is 1.73. The molecule has 4 nitrogen and oxygen atoms in total. The summed E-state index contributed by atoms with van der Waals surface area (Å²) in [5.74, 6) is 3.73. The van der Waals surface area contributed by atoms with Crippen LogP contribution in [0, 0.1) is 11.8 Å². The number of ether oxygens (including phenoxy) is 1. The third kappa shape index (κ3) is 4.65. The largest absolute Gasteiger partial charge is 0.573 e. The predicted octanol–water partition coefficient (Wildman–Crippen LogP) is 1.39. The van der Waals surface area contributed by atoms with Crippen molar-refractivity contribution in [1.29, 1.82) is 0 Å². The van der Waals surface area contributed by atoms with Gasteiger partial charge in [-0.25, -0.2) is 0 Å². The number of carbonyl (C=O) groups excluding carboxylic acids is 1. The second-order valence-electron chi connectivity index (χ2n) is 3.25. The Kier molecular flexibility index (Phi) is 4.05. The van der Waals surface area contributed by atoms with Gasteiger partial charge in [0.2, 0.25) is 5.91 Å². The van der Waals surface area contributed by atoms with E-state index in [0.29, 0.717) is 0 Å². The molecule has 96 valence electrons. The van der Waals surface area contributed by atoms with Gasteiger partial charge in [-0.1, -0.05) is 11.8 Å². The summed E-state index contributed by atoms with van der Waals surface area (Å²) in [6, 6.07) is 3.68. The number of alkyl halides is 3. The minimum atomic E-state index is -4.83. The van der Waals surface area contributed by atoms with E-state index in [1.807, 2.05) is 0 Å². The van der Waals surface area contributed by atoms with E-state index in [4.69, 9.17) is 11.5 Å². The molecule has 0 aromatic heterocycles. The Morgan fingerprint density at radius 3 is 2.61 bits per heavy atom. The highest BCUT2D eigenvalue weighted by atomic mass is 19.4. The molecule has 0 saturated carbocycles. The van der Waals surface area contributed by atoms with E-state index >= 15 is 0 Å². The van der Waals surface area contributed by atoms with Crippen LogP contribution in [-0.4, -0.2) is 12.3 Å². The molecule has 1 aromatic carbocycles. The number of carbonyl (C=O) groups is 1. The maximum absolute atomic E-state index is 12.0. The first-order valence-corrected chi connectivity index (χ1v) is 4.70. The van der Waals surface area contributed by atoms with E-state index in [1.165, 1.54) is 12.1 Å². The number of hydrogen-bond acceptors (Lipinski definition) is 3. The molecule has 18 heavy (non-hydrogen) atoms. The van der Waals surface area contributed by atoms with Crippen LogP contribution in [0.1, 0.15) is 12.0 Å². The number of anilines is 1. The summed E-state index contributed by atoms with van der Waals surface area (Å²) >= 11 is 0. The third-order valence-electron chi connectivity index (χ3n) is 1.73. The lowest BCUT2D eigenvalue weighted by molar-refractivity contribution is -0.274. The van der Waals surface area contributed by atoms with E-state index in [-0.39, 0.29) is 17.7 Å². The van der Waals surface area contributed by atoms with Gasteiger partial charge in [-0.3, -0.25) is 4.79 Å². The fourth-order valence-electron chi connectivity index (χ4n) is 1.06. The zero-order valence-corrected chi connectivity index (χ0v) is 9.04. The molecule has 0 radical (unpaired) electrons. The molecule has 1 aromatic rings. The first kappa shape index (κ1) is 13.7. The first-order chi connectivity index (χ1) is 8.28. The lowest BCUT2D eigenvalue weighted by Crippen LogP contribution is -2.18. The van der Waals surface area contributed by atoms with Crippen LogP contribution in [0.2, 0.25) is 0 Å². The van der Waals surface area contributed by atoms with E-state index in [0.717, 1.165) is 6.07 Å². The van der Waals surface area contributed by atoms with Crippen LogP contribution in [0.15, 0.2) is 18.2 Å². The Morgan fingerprint density at radius 2 is 2.06 bits per heavy atom. The van der Waals surface area contributed by atoms with Crippen LogP contribution < -0.4 is 16.2 Å². The number of amides is 1. The van der Waals surface area contributed by atoms with Crippen LogP contribution in [0.3, 0.4) is 0 Å². The average Bonchev–Trinajstić information content (AvgIpc) is 2.20. The molecule has 0 spiro atoms. The molecule has 0 aliphatic heterocycles. The number of primary amides is 1. The monoisotopic (exact) mass is 258 g/mol. The Morgan fingerprint density at radius 1 is 1.39 bits per heavy atom. The molecule has 1 rings (SSSR count). The summed E-state index contributed by atoms with van der Waals surface area (Å²) in [5, 5.41) is 0. The van der Waals surface area contributed by atoms with Crippen molar-refractivity contribution in [1.82, 2.24) is 0 Å². The lowest BCUT2D eigenvalue weighted by Gasteiger charge is -2.10. The van der Waals surface area contributed by atoms with Crippen molar-refractivity contribution in [3.05, 3.63) is 23.8 Å². The molecule has 0 aliphatic rings. The average molecular weight is 258 g/mol. The molecule has 0 aliphatic carbocycles. The van der Waals surface area contributed by atoms with Gasteiger partial charge in [-0.05, 0) is 18.2 Å². The summed E-state index contributed by atoms with van der Waals surface area (Å²) in [5.41, 5.74) is 10.3. The Balaban J connectivity index is 2.92. The maximum atomic E-state index is 12.0. The van der Waals surface area contributed by atoms with E-state index in [2.05, 4.69) is 16.6 Å². The number of halogens is 3. The van der Waals surface area contributed by atoms with Crippen molar-refractivity contribution in [2.45, 2.75) is 12.8 Å². The summed E-state index contributed by atoms with van der Waals surface area (Å²) in [6.07, 6.45) is -5.01. The number of rotatable bonds is 2. The normalized spacial score (nSPS) is 10.4. The van der Waals surface area contributed by atoms with Gasteiger partial charge in [0.25, 0.3) is 0 Å². The van der Waals surface area contributed by atoms with Crippen LogP contribution in [-0.2, 0) is 4.79 Å². The fourth-order valence-corrected chi connectivity index (χ4v) is 1.06. The molecule has 0 heterocycles. The van der Waals surface area contributed by atoms with Crippen molar-refractivity contribution in [3.63, 3.8) is 0 Å². The van der Waals surface area contributed by atoms with Crippen LogP contribution >= 0.6 is 0 Å². The molecule has 1 amide bonds. The molecule has 0 unspecified atom stereocenters. The van der Waals surface area contributed by atoms with E-state index in [9.17, 15) is 18.0 Å². The summed E-state index contributed by atoms with van der Waals surface area (Å²) < 4.78 is 39.8. The highest BCUT2D eigenvalue weighted by Gasteiger charge is 2.31. The summed E-state index contributed by atoms with van der Waals surface area (Å²) in [7, 11) is 0. The minimum absolute atomic E-state index is 0.159. The topological polar surface area (TPSA) is 78.3 Å². The van der Waals surface area contributed by atoms with Gasteiger partial charge in [0.1, 0.15) is 0 Å². The first-order valence-electron chi connectivity index (χ1n) is 4.70. The Hall–Kier alpha value is -2.36. The molecule has 0 fully saturated rings. The van der Waals surface area contributed by atoms with Crippen LogP contribution in [0.25, 0.3) is 0 Å². The fraction of sp³-hybridized carbons (Fsp3) is 0.182. The van der Waals surface area contributed by atoms with Crippen molar-refractivity contribution in [3.8, 4) is 17.6 Å². The number of nitrogens with two attached hydrogens (primary N) is 2. The molecular weight excluding hydrogens is 249 g/mol. The van der Waals surface area contributed by atoms with Crippen molar-refractivity contribution in [2.24, 2.45) is 5.73 Å². The van der Waals surface area contributed by atoms with Gasteiger partial charge in [0.15, 0.2) is 5.75 Å². The van der Waals surface area contributed by atoms with Gasteiger partial charge in [-0.15, -0.1) is 13.2 Å². The lowest BCUT2D eigenvalue weighted by atomic mass is 10.2. The Bertz CT molecular complexity index is 515. The van der Waals surface area contributed by atoms with Crippen LogP contribution in [0.4, 0.5) is 18.9 Å². The zero-order chi connectivity index (χ0) is 13.8. The zero-order valence-electron chi connectivity index (χ0n) is 9.04. The van der Waals surface area contributed by atoms with E-state index in [1.54, 1.807) is 0 Å². The molecular formula is C11H9F3N2O2. The molecule has 0 atom stereocenters. The van der Waals surface area contributed by atoms with Gasteiger partial charge >= 0.3 is 6.36 Å². The summed E-state index contributed by atoms with van der Waals surface area (Å²) in [4.78, 5) is 10.4. The maximum Gasteiger partial charge on any atom is 0.573 e. The number of nitrogen functional groups attached to an aromatic ring is 1. The highest BCUT2D eigenvalue weighted by Crippen LogP contribution is 2.28. The summed E-state index contributed by atoms with van der Waals surface area (Å²) in [6.45, 7) is 0. The van der Waals surface area contributed by atoms with Gasteiger partial charge in [-0.2, -0.15) is 0 Å².